The number of ketones is 1. The fourth-order valence-corrected chi connectivity index (χ4v) is 3.12. The topological polar surface area (TPSA) is 23.6 Å². The van der Waals surface area contributed by atoms with E-state index < -0.39 is 0 Å². The molecule has 0 saturated carbocycles. The van der Waals surface area contributed by atoms with E-state index in [-0.39, 0.29) is 5.78 Å². The van der Waals surface area contributed by atoms with Gasteiger partial charge in [-0.15, -0.1) is 0 Å². The predicted molar refractivity (Wildman–Crippen MR) is 93.7 cm³/mol. The lowest BCUT2D eigenvalue weighted by Gasteiger charge is -2.34. The minimum absolute atomic E-state index is 0.236. The number of carbonyl (C=O) groups is 1. The molecule has 1 fully saturated rings. The van der Waals surface area contributed by atoms with E-state index in [0.29, 0.717) is 6.54 Å². The van der Waals surface area contributed by atoms with Crippen molar-refractivity contribution in [2.75, 3.05) is 32.7 Å². The van der Waals surface area contributed by atoms with Gasteiger partial charge in [0.25, 0.3) is 0 Å². The zero-order chi connectivity index (χ0) is 16.1. The average Bonchev–Trinajstić information content (AvgIpc) is 2.58. The van der Waals surface area contributed by atoms with E-state index in [2.05, 4.69) is 40.1 Å². The first-order chi connectivity index (χ1) is 11.2. The molecule has 2 aromatic rings. The summed E-state index contributed by atoms with van der Waals surface area (Å²) in [6.45, 7) is 7.51. The number of nitrogens with zero attached hydrogens (tertiary/aromatic N) is 2. The maximum absolute atomic E-state index is 12.5. The molecule has 3 heteroatoms. The van der Waals surface area contributed by atoms with Gasteiger partial charge in [-0.05, 0) is 18.1 Å². The maximum Gasteiger partial charge on any atom is 0.177 e. The fourth-order valence-electron chi connectivity index (χ4n) is 3.12. The average molecular weight is 308 g/mol. The Bertz CT molecular complexity index is 646. The zero-order valence-electron chi connectivity index (χ0n) is 13.7. The molecule has 0 spiro atoms. The summed E-state index contributed by atoms with van der Waals surface area (Å²) in [7, 11) is 0. The molecule has 1 aliphatic rings. The van der Waals surface area contributed by atoms with Crippen LogP contribution in [0, 0.1) is 6.92 Å². The molecule has 0 atom stereocenters. The van der Waals surface area contributed by atoms with Crippen molar-refractivity contribution in [1.82, 2.24) is 9.80 Å². The Morgan fingerprint density at radius 1 is 0.870 bits per heavy atom. The minimum atomic E-state index is 0.236. The van der Waals surface area contributed by atoms with Crippen molar-refractivity contribution in [2.45, 2.75) is 13.5 Å². The van der Waals surface area contributed by atoms with E-state index in [1.165, 1.54) is 5.56 Å². The first-order valence-electron chi connectivity index (χ1n) is 8.30. The van der Waals surface area contributed by atoms with Crippen LogP contribution in [0.5, 0.6) is 0 Å². The highest BCUT2D eigenvalue weighted by atomic mass is 16.1. The Hall–Kier alpha value is -1.97. The summed E-state index contributed by atoms with van der Waals surface area (Å²) in [5.41, 5.74) is 3.29. The molecule has 3 nitrogen and oxygen atoms in total. The van der Waals surface area contributed by atoms with Crippen LogP contribution in [0.1, 0.15) is 21.5 Å². The molecule has 120 valence electrons. The third-order valence-electron chi connectivity index (χ3n) is 4.53. The van der Waals surface area contributed by atoms with Gasteiger partial charge in [-0.1, -0.05) is 54.6 Å². The highest BCUT2D eigenvalue weighted by Gasteiger charge is 2.20. The number of hydrogen-bond acceptors (Lipinski definition) is 3. The minimum Gasteiger partial charge on any atom is -0.297 e. The van der Waals surface area contributed by atoms with Gasteiger partial charge in [0.2, 0.25) is 0 Å². The number of hydrogen-bond donors (Lipinski definition) is 0. The fraction of sp³-hybridized carbons (Fsp3) is 0.350. The van der Waals surface area contributed by atoms with Crippen molar-refractivity contribution in [3.63, 3.8) is 0 Å². The Kier molecular flexibility index (Phi) is 5.21. The molecular weight excluding hydrogens is 284 g/mol. The van der Waals surface area contributed by atoms with Crippen molar-refractivity contribution in [1.29, 1.82) is 0 Å². The van der Waals surface area contributed by atoms with Crippen molar-refractivity contribution >= 4 is 5.78 Å². The summed E-state index contributed by atoms with van der Waals surface area (Å²) >= 11 is 0. The molecule has 0 bridgehead atoms. The summed E-state index contributed by atoms with van der Waals surface area (Å²) in [6.07, 6.45) is 0. The summed E-state index contributed by atoms with van der Waals surface area (Å²) in [4.78, 5) is 17.2. The highest BCUT2D eigenvalue weighted by Crippen LogP contribution is 2.11. The van der Waals surface area contributed by atoms with Crippen LogP contribution in [0.4, 0.5) is 0 Å². The van der Waals surface area contributed by atoms with Gasteiger partial charge in [0, 0.05) is 38.3 Å². The Labute approximate surface area is 138 Å². The third kappa shape index (κ3) is 4.27. The first-order valence-corrected chi connectivity index (χ1v) is 8.30. The van der Waals surface area contributed by atoms with Crippen LogP contribution in [-0.2, 0) is 6.54 Å². The van der Waals surface area contributed by atoms with Gasteiger partial charge in [0.1, 0.15) is 0 Å². The van der Waals surface area contributed by atoms with Crippen molar-refractivity contribution in [2.24, 2.45) is 0 Å². The molecule has 0 amide bonds. The number of benzene rings is 2. The van der Waals surface area contributed by atoms with Crippen LogP contribution in [0.15, 0.2) is 54.6 Å². The Morgan fingerprint density at radius 3 is 2.17 bits per heavy atom. The van der Waals surface area contributed by atoms with Crippen LogP contribution in [0.25, 0.3) is 0 Å². The second-order valence-electron chi connectivity index (χ2n) is 6.28. The maximum atomic E-state index is 12.5. The zero-order valence-corrected chi connectivity index (χ0v) is 13.7. The number of aryl methyl sites for hydroxylation is 1. The molecule has 1 aliphatic heterocycles. The van der Waals surface area contributed by atoms with Crippen LogP contribution in [-0.4, -0.2) is 48.3 Å². The molecule has 0 radical (unpaired) electrons. The van der Waals surface area contributed by atoms with Gasteiger partial charge in [-0.3, -0.25) is 14.6 Å². The van der Waals surface area contributed by atoms with Gasteiger partial charge in [-0.25, -0.2) is 0 Å². The Morgan fingerprint density at radius 2 is 1.48 bits per heavy atom. The quantitative estimate of drug-likeness (QED) is 0.793. The lowest BCUT2D eigenvalue weighted by molar-refractivity contribution is 0.0843. The van der Waals surface area contributed by atoms with Gasteiger partial charge in [-0.2, -0.15) is 0 Å². The molecule has 2 aromatic carbocycles. The summed E-state index contributed by atoms with van der Waals surface area (Å²) in [6, 6.07) is 18.4. The molecule has 1 heterocycles. The predicted octanol–water partition coefficient (Wildman–Crippen LogP) is 3.00. The van der Waals surface area contributed by atoms with Crippen molar-refractivity contribution in [3.05, 3.63) is 71.3 Å². The van der Waals surface area contributed by atoms with Crippen LogP contribution in [0.2, 0.25) is 0 Å². The molecule has 1 saturated heterocycles. The summed E-state index contributed by atoms with van der Waals surface area (Å²) in [5.74, 6) is 0.236. The smallest absolute Gasteiger partial charge is 0.177 e. The Balaban J connectivity index is 1.49. The second-order valence-corrected chi connectivity index (χ2v) is 6.28. The lowest BCUT2D eigenvalue weighted by Crippen LogP contribution is -2.47. The first kappa shape index (κ1) is 15.9. The van der Waals surface area contributed by atoms with E-state index in [0.717, 1.165) is 43.9 Å². The number of Topliss-reactive ketones (excluding diaryl/α,β-unsaturated/α-hetero) is 1. The SMILES string of the molecule is Cc1ccccc1C(=O)CN1CCN(Cc2ccccc2)CC1. The van der Waals surface area contributed by atoms with E-state index in [1.807, 2.05) is 31.2 Å². The number of piperazine rings is 1. The van der Waals surface area contributed by atoms with Crippen LogP contribution >= 0.6 is 0 Å². The number of rotatable bonds is 5. The molecule has 23 heavy (non-hydrogen) atoms. The van der Waals surface area contributed by atoms with E-state index in [4.69, 9.17) is 0 Å². The molecule has 0 aromatic heterocycles. The summed E-state index contributed by atoms with van der Waals surface area (Å²) in [5, 5.41) is 0. The van der Waals surface area contributed by atoms with Crippen LogP contribution in [0.3, 0.4) is 0 Å². The van der Waals surface area contributed by atoms with Crippen LogP contribution < -0.4 is 0 Å². The van der Waals surface area contributed by atoms with E-state index in [9.17, 15) is 4.79 Å². The molecular formula is C20H24N2O. The third-order valence-corrected chi connectivity index (χ3v) is 4.53. The lowest BCUT2D eigenvalue weighted by atomic mass is 10.0. The molecule has 3 rings (SSSR count). The van der Waals surface area contributed by atoms with E-state index in [1.54, 1.807) is 0 Å². The van der Waals surface area contributed by atoms with Gasteiger partial charge >= 0.3 is 0 Å². The standard InChI is InChI=1S/C20H24N2O/c1-17-7-5-6-10-19(17)20(23)16-22-13-11-21(12-14-22)15-18-8-3-2-4-9-18/h2-10H,11-16H2,1H3. The normalized spacial score (nSPS) is 16.4. The summed E-state index contributed by atoms with van der Waals surface area (Å²) < 4.78 is 0. The van der Waals surface area contributed by atoms with Gasteiger partial charge < -0.3 is 0 Å². The highest BCUT2D eigenvalue weighted by molar-refractivity contribution is 5.98. The van der Waals surface area contributed by atoms with E-state index >= 15 is 0 Å². The number of carbonyl (C=O) groups excluding carboxylic acids is 1. The van der Waals surface area contributed by atoms with Crippen molar-refractivity contribution in [3.8, 4) is 0 Å². The largest absolute Gasteiger partial charge is 0.297 e. The molecule has 0 N–H and O–H groups in total. The molecule has 0 aliphatic carbocycles. The second kappa shape index (κ2) is 7.53. The monoisotopic (exact) mass is 308 g/mol. The molecule has 0 unspecified atom stereocenters. The van der Waals surface area contributed by atoms with Gasteiger partial charge in [0.15, 0.2) is 5.78 Å². The van der Waals surface area contributed by atoms with Crippen molar-refractivity contribution < 1.29 is 4.79 Å². The van der Waals surface area contributed by atoms with Gasteiger partial charge in [0.05, 0.1) is 6.54 Å².